The molecular weight excluding hydrogens is 410 g/mol. The van der Waals surface area contributed by atoms with Crippen molar-refractivity contribution in [2.75, 3.05) is 0 Å². The fraction of sp³-hybridized carbons (Fsp3) is 0.0952. The van der Waals surface area contributed by atoms with Gasteiger partial charge in [0.2, 0.25) is 0 Å². The van der Waals surface area contributed by atoms with Crippen LogP contribution in [0, 0.1) is 6.92 Å². The summed E-state index contributed by atoms with van der Waals surface area (Å²) in [6.45, 7) is 2.26. The van der Waals surface area contributed by atoms with Gasteiger partial charge in [-0.25, -0.2) is 9.97 Å². The maximum atomic E-state index is 12.7. The van der Waals surface area contributed by atoms with Crippen LogP contribution in [0.15, 0.2) is 60.0 Å². The number of nitrogens with zero attached hydrogens (tertiary/aromatic N) is 2. The predicted octanol–water partition coefficient (Wildman–Crippen LogP) is 5.83. The number of hydrogen-bond acceptors (Lipinski definition) is 5. The first kappa shape index (κ1) is 18.8. The second-order valence-electron chi connectivity index (χ2n) is 6.11. The molecule has 0 atom stereocenters. The van der Waals surface area contributed by atoms with Crippen LogP contribution < -0.4 is 5.32 Å². The van der Waals surface area contributed by atoms with Crippen molar-refractivity contribution < 1.29 is 4.79 Å². The Morgan fingerprint density at radius 3 is 2.54 bits per heavy atom. The first-order chi connectivity index (χ1) is 13.6. The summed E-state index contributed by atoms with van der Waals surface area (Å²) in [5, 5.41) is 7.35. The Morgan fingerprint density at radius 2 is 1.79 bits per heavy atom. The highest BCUT2D eigenvalue weighted by Gasteiger charge is 2.18. The number of aromatic nitrogens is 2. The Labute approximate surface area is 175 Å². The Kier molecular flexibility index (Phi) is 5.52. The van der Waals surface area contributed by atoms with Crippen molar-refractivity contribution in [2.45, 2.75) is 13.5 Å². The molecule has 28 heavy (non-hydrogen) atoms. The topological polar surface area (TPSA) is 54.9 Å². The van der Waals surface area contributed by atoms with Gasteiger partial charge in [0.1, 0.15) is 10.7 Å². The zero-order valence-corrected chi connectivity index (χ0v) is 17.4. The van der Waals surface area contributed by atoms with Gasteiger partial charge in [0.15, 0.2) is 0 Å². The third kappa shape index (κ3) is 4.14. The van der Waals surface area contributed by atoms with Gasteiger partial charge in [0.25, 0.3) is 5.91 Å². The maximum absolute atomic E-state index is 12.7. The highest BCUT2D eigenvalue weighted by molar-refractivity contribution is 7.15. The van der Waals surface area contributed by atoms with Gasteiger partial charge in [0, 0.05) is 16.0 Å². The number of thiazole rings is 2. The SMILES string of the molecule is Cc1nc(C(=O)NCc2csc(-c3ccc(Cl)cc3)n2)c(-c2ccccc2)s1. The molecular formula is C21H16ClN3OS2. The summed E-state index contributed by atoms with van der Waals surface area (Å²) in [6.07, 6.45) is 0. The van der Waals surface area contributed by atoms with E-state index >= 15 is 0 Å². The maximum Gasteiger partial charge on any atom is 0.271 e. The molecule has 0 saturated carbocycles. The normalized spacial score (nSPS) is 10.8. The van der Waals surface area contributed by atoms with Crippen molar-refractivity contribution in [2.24, 2.45) is 0 Å². The lowest BCUT2D eigenvalue weighted by molar-refractivity contribution is 0.0946. The monoisotopic (exact) mass is 425 g/mol. The van der Waals surface area contributed by atoms with Gasteiger partial charge < -0.3 is 5.32 Å². The molecule has 4 aromatic rings. The zero-order chi connectivity index (χ0) is 19.5. The summed E-state index contributed by atoms with van der Waals surface area (Å²) >= 11 is 9.00. The van der Waals surface area contributed by atoms with E-state index in [1.807, 2.05) is 66.9 Å². The van der Waals surface area contributed by atoms with Crippen LogP contribution in [0.4, 0.5) is 0 Å². The summed E-state index contributed by atoms with van der Waals surface area (Å²) in [5.41, 5.74) is 3.28. The van der Waals surface area contributed by atoms with E-state index < -0.39 is 0 Å². The second kappa shape index (κ2) is 8.22. The molecule has 1 amide bonds. The molecule has 2 aromatic carbocycles. The minimum Gasteiger partial charge on any atom is -0.345 e. The van der Waals surface area contributed by atoms with Gasteiger partial charge in [-0.3, -0.25) is 4.79 Å². The standard InChI is InChI=1S/C21H16ClN3OS2/c1-13-24-18(19(28-13)14-5-3-2-4-6-14)20(26)23-11-17-12-27-21(25-17)15-7-9-16(22)10-8-15/h2-10,12H,11H2,1H3,(H,23,26). The average molecular weight is 426 g/mol. The minimum atomic E-state index is -0.191. The number of aryl methyl sites for hydroxylation is 1. The lowest BCUT2D eigenvalue weighted by atomic mass is 10.1. The van der Waals surface area contributed by atoms with Crippen molar-refractivity contribution in [3.05, 3.63) is 81.4 Å². The molecule has 0 unspecified atom stereocenters. The van der Waals surface area contributed by atoms with E-state index in [0.29, 0.717) is 17.3 Å². The molecule has 4 rings (SSSR count). The molecule has 0 saturated heterocycles. The molecule has 2 aromatic heterocycles. The van der Waals surface area contributed by atoms with E-state index in [9.17, 15) is 4.79 Å². The number of halogens is 1. The van der Waals surface area contributed by atoms with Crippen molar-refractivity contribution in [1.29, 1.82) is 0 Å². The third-order valence-corrected chi connectivity index (χ3v) is 6.27. The van der Waals surface area contributed by atoms with Gasteiger partial charge in [-0.05, 0) is 24.6 Å². The van der Waals surface area contributed by atoms with Crippen LogP contribution in [-0.4, -0.2) is 15.9 Å². The third-order valence-electron chi connectivity index (χ3n) is 4.06. The molecule has 7 heteroatoms. The van der Waals surface area contributed by atoms with Gasteiger partial charge >= 0.3 is 0 Å². The first-order valence-electron chi connectivity index (χ1n) is 8.61. The number of carbonyl (C=O) groups excluding carboxylic acids is 1. The summed E-state index contributed by atoms with van der Waals surface area (Å²) < 4.78 is 0. The Bertz CT molecular complexity index is 1100. The van der Waals surface area contributed by atoms with E-state index in [4.69, 9.17) is 11.6 Å². The van der Waals surface area contributed by atoms with E-state index in [1.54, 1.807) is 11.3 Å². The zero-order valence-electron chi connectivity index (χ0n) is 15.0. The molecule has 0 aliphatic heterocycles. The van der Waals surface area contributed by atoms with Crippen LogP contribution in [0.1, 0.15) is 21.2 Å². The largest absolute Gasteiger partial charge is 0.345 e. The van der Waals surface area contributed by atoms with Crippen molar-refractivity contribution >= 4 is 40.2 Å². The quantitative estimate of drug-likeness (QED) is 0.438. The van der Waals surface area contributed by atoms with Gasteiger partial charge in [-0.2, -0.15) is 0 Å². The van der Waals surface area contributed by atoms with Gasteiger partial charge in [0.05, 0.1) is 22.1 Å². The first-order valence-corrected chi connectivity index (χ1v) is 10.7. The van der Waals surface area contributed by atoms with E-state index in [1.165, 1.54) is 11.3 Å². The number of hydrogen-bond donors (Lipinski definition) is 1. The summed E-state index contributed by atoms with van der Waals surface area (Å²) in [5.74, 6) is -0.191. The molecule has 4 nitrogen and oxygen atoms in total. The van der Waals surface area contributed by atoms with Crippen molar-refractivity contribution in [1.82, 2.24) is 15.3 Å². The van der Waals surface area contributed by atoms with Crippen molar-refractivity contribution in [3.63, 3.8) is 0 Å². The molecule has 0 aliphatic carbocycles. The molecule has 0 bridgehead atoms. The molecule has 2 heterocycles. The Hall–Kier alpha value is -2.54. The lowest BCUT2D eigenvalue weighted by Crippen LogP contribution is -2.23. The fourth-order valence-electron chi connectivity index (χ4n) is 2.73. The summed E-state index contributed by atoms with van der Waals surface area (Å²) in [4.78, 5) is 22.7. The molecule has 1 N–H and O–H groups in total. The average Bonchev–Trinajstić information content (AvgIpc) is 3.34. The fourth-order valence-corrected chi connectivity index (χ4v) is 4.61. The van der Waals surface area contributed by atoms with Crippen LogP contribution in [0.5, 0.6) is 0 Å². The molecule has 140 valence electrons. The molecule has 0 fully saturated rings. The summed E-state index contributed by atoms with van der Waals surface area (Å²) in [7, 11) is 0. The van der Waals surface area contributed by atoms with Gasteiger partial charge in [-0.1, -0.05) is 54.1 Å². The van der Waals surface area contributed by atoms with Crippen LogP contribution in [0.2, 0.25) is 5.02 Å². The van der Waals surface area contributed by atoms with Crippen LogP contribution in [-0.2, 0) is 6.54 Å². The summed E-state index contributed by atoms with van der Waals surface area (Å²) in [6, 6.07) is 17.4. The Balaban J connectivity index is 1.48. The predicted molar refractivity (Wildman–Crippen MR) is 116 cm³/mol. The molecule has 0 radical (unpaired) electrons. The lowest BCUT2D eigenvalue weighted by Gasteiger charge is -2.04. The van der Waals surface area contributed by atoms with E-state index in [2.05, 4.69) is 15.3 Å². The minimum absolute atomic E-state index is 0.191. The number of nitrogens with one attached hydrogen (secondary N) is 1. The number of carbonyl (C=O) groups is 1. The number of benzene rings is 2. The highest BCUT2D eigenvalue weighted by atomic mass is 35.5. The van der Waals surface area contributed by atoms with Crippen LogP contribution in [0.3, 0.4) is 0 Å². The highest BCUT2D eigenvalue weighted by Crippen LogP contribution is 2.30. The Morgan fingerprint density at radius 1 is 1.04 bits per heavy atom. The molecule has 0 aliphatic rings. The van der Waals surface area contributed by atoms with Crippen molar-refractivity contribution in [3.8, 4) is 21.0 Å². The van der Waals surface area contributed by atoms with E-state index in [0.717, 1.165) is 31.7 Å². The molecule has 0 spiro atoms. The van der Waals surface area contributed by atoms with Crippen LogP contribution in [0.25, 0.3) is 21.0 Å². The van der Waals surface area contributed by atoms with Crippen LogP contribution >= 0.6 is 34.3 Å². The number of amides is 1. The van der Waals surface area contributed by atoms with E-state index in [-0.39, 0.29) is 5.91 Å². The van der Waals surface area contributed by atoms with Gasteiger partial charge in [-0.15, -0.1) is 22.7 Å². The smallest absolute Gasteiger partial charge is 0.271 e. The number of rotatable bonds is 5. The second-order valence-corrected chi connectivity index (χ2v) is 8.61.